The van der Waals surface area contributed by atoms with Crippen LogP contribution in [0.4, 0.5) is 5.69 Å². The Hall–Kier alpha value is -2.04. The number of hydrogen-bond donors (Lipinski definition) is 2. The summed E-state index contributed by atoms with van der Waals surface area (Å²) in [6.07, 6.45) is 0.484. The lowest BCUT2D eigenvalue weighted by Crippen LogP contribution is -2.32. The first-order valence-corrected chi connectivity index (χ1v) is 6.20. The molecule has 0 spiro atoms. The molecule has 0 saturated heterocycles. The molecule has 1 aromatic carbocycles. The Morgan fingerprint density at radius 1 is 1.26 bits per heavy atom. The SMILES string of the molecule is CC(CCC(=O)O)NC(=O)c1ccc(N(C)C)cc1. The van der Waals surface area contributed by atoms with Crippen molar-refractivity contribution >= 4 is 17.6 Å². The minimum atomic E-state index is -0.851. The van der Waals surface area contributed by atoms with Crippen molar-refractivity contribution in [1.82, 2.24) is 5.32 Å². The average molecular weight is 264 g/mol. The van der Waals surface area contributed by atoms with E-state index in [0.717, 1.165) is 5.69 Å². The lowest BCUT2D eigenvalue weighted by atomic mass is 10.1. The molecule has 1 aromatic rings. The highest BCUT2D eigenvalue weighted by atomic mass is 16.4. The molecule has 0 aliphatic rings. The van der Waals surface area contributed by atoms with Crippen molar-refractivity contribution in [2.24, 2.45) is 0 Å². The smallest absolute Gasteiger partial charge is 0.303 e. The molecule has 0 aliphatic heterocycles. The summed E-state index contributed by atoms with van der Waals surface area (Å²) in [6, 6.07) is 7.11. The molecular weight excluding hydrogens is 244 g/mol. The monoisotopic (exact) mass is 264 g/mol. The normalized spacial score (nSPS) is 11.7. The number of benzene rings is 1. The number of aliphatic carboxylic acids is 1. The van der Waals surface area contributed by atoms with E-state index in [1.54, 1.807) is 19.1 Å². The largest absolute Gasteiger partial charge is 0.481 e. The molecular formula is C14H20N2O3. The van der Waals surface area contributed by atoms with Crippen LogP contribution < -0.4 is 10.2 Å². The van der Waals surface area contributed by atoms with Gasteiger partial charge in [-0.05, 0) is 37.6 Å². The van der Waals surface area contributed by atoms with Crippen LogP contribution in [0.2, 0.25) is 0 Å². The molecule has 1 unspecified atom stereocenters. The van der Waals surface area contributed by atoms with Crippen molar-refractivity contribution in [2.75, 3.05) is 19.0 Å². The van der Waals surface area contributed by atoms with Gasteiger partial charge in [-0.1, -0.05) is 0 Å². The summed E-state index contributed by atoms with van der Waals surface area (Å²) in [6.45, 7) is 1.80. The lowest BCUT2D eigenvalue weighted by molar-refractivity contribution is -0.137. The van der Waals surface area contributed by atoms with Crippen molar-refractivity contribution in [3.05, 3.63) is 29.8 Å². The van der Waals surface area contributed by atoms with Gasteiger partial charge in [0, 0.05) is 37.8 Å². The van der Waals surface area contributed by atoms with Crippen LogP contribution in [0.5, 0.6) is 0 Å². The predicted octanol–water partition coefficient (Wildman–Crippen LogP) is 1.74. The van der Waals surface area contributed by atoms with E-state index in [0.29, 0.717) is 12.0 Å². The number of carboxylic acid groups (broad SMARTS) is 1. The van der Waals surface area contributed by atoms with Gasteiger partial charge >= 0.3 is 5.97 Å². The fourth-order valence-electron chi connectivity index (χ4n) is 1.63. The van der Waals surface area contributed by atoms with Gasteiger partial charge < -0.3 is 15.3 Å². The Kier molecular flexibility index (Phi) is 5.36. The Labute approximate surface area is 113 Å². The average Bonchev–Trinajstić information content (AvgIpc) is 2.36. The van der Waals surface area contributed by atoms with Gasteiger partial charge in [-0.15, -0.1) is 0 Å². The number of nitrogens with one attached hydrogen (secondary N) is 1. The second kappa shape index (κ2) is 6.78. The second-order valence-corrected chi connectivity index (χ2v) is 4.75. The number of amides is 1. The zero-order chi connectivity index (χ0) is 14.4. The minimum Gasteiger partial charge on any atom is -0.481 e. The van der Waals surface area contributed by atoms with Crippen molar-refractivity contribution in [3.63, 3.8) is 0 Å². The molecule has 0 radical (unpaired) electrons. The van der Waals surface area contributed by atoms with Gasteiger partial charge in [-0.3, -0.25) is 9.59 Å². The van der Waals surface area contributed by atoms with Crippen molar-refractivity contribution < 1.29 is 14.7 Å². The molecule has 19 heavy (non-hydrogen) atoms. The van der Waals surface area contributed by atoms with E-state index in [1.165, 1.54) is 0 Å². The molecule has 5 heteroatoms. The maximum Gasteiger partial charge on any atom is 0.303 e. The van der Waals surface area contributed by atoms with E-state index < -0.39 is 5.97 Å². The van der Waals surface area contributed by atoms with Crippen molar-refractivity contribution in [1.29, 1.82) is 0 Å². The zero-order valence-corrected chi connectivity index (χ0v) is 11.5. The Balaban J connectivity index is 2.55. The summed E-state index contributed by atoms with van der Waals surface area (Å²) in [5, 5.41) is 11.4. The maximum absolute atomic E-state index is 11.9. The first-order valence-electron chi connectivity index (χ1n) is 6.20. The van der Waals surface area contributed by atoms with Crippen LogP contribution in [0.1, 0.15) is 30.1 Å². The van der Waals surface area contributed by atoms with Crippen LogP contribution in [0.25, 0.3) is 0 Å². The first-order chi connectivity index (χ1) is 8.90. The van der Waals surface area contributed by atoms with E-state index in [-0.39, 0.29) is 18.4 Å². The van der Waals surface area contributed by atoms with Gasteiger partial charge in [-0.25, -0.2) is 0 Å². The number of carbonyl (C=O) groups excluding carboxylic acids is 1. The summed E-state index contributed by atoms with van der Waals surface area (Å²) in [7, 11) is 3.87. The quantitative estimate of drug-likeness (QED) is 0.821. The third-order valence-corrected chi connectivity index (χ3v) is 2.81. The number of nitrogens with zero attached hydrogens (tertiary/aromatic N) is 1. The van der Waals surface area contributed by atoms with Crippen LogP contribution >= 0.6 is 0 Å². The topological polar surface area (TPSA) is 69.6 Å². The molecule has 0 bridgehead atoms. The Morgan fingerprint density at radius 3 is 2.32 bits per heavy atom. The van der Waals surface area contributed by atoms with E-state index in [4.69, 9.17) is 5.11 Å². The summed E-state index contributed by atoms with van der Waals surface area (Å²) in [4.78, 5) is 24.3. The molecule has 0 aliphatic carbocycles. The molecule has 1 amide bonds. The Morgan fingerprint density at radius 2 is 1.84 bits per heavy atom. The van der Waals surface area contributed by atoms with E-state index >= 15 is 0 Å². The summed E-state index contributed by atoms with van der Waals surface area (Å²) in [5.41, 5.74) is 1.60. The fraction of sp³-hybridized carbons (Fsp3) is 0.429. The Bertz CT molecular complexity index is 441. The van der Waals surface area contributed by atoms with Gasteiger partial charge in [-0.2, -0.15) is 0 Å². The molecule has 0 fully saturated rings. The highest BCUT2D eigenvalue weighted by Gasteiger charge is 2.11. The minimum absolute atomic E-state index is 0.0566. The van der Waals surface area contributed by atoms with Gasteiger partial charge in [0.05, 0.1) is 0 Å². The van der Waals surface area contributed by atoms with Gasteiger partial charge in [0.25, 0.3) is 5.91 Å². The van der Waals surface area contributed by atoms with Crippen LogP contribution in [-0.2, 0) is 4.79 Å². The summed E-state index contributed by atoms with van der Waals surface area (Å²) < 4.78 is 0. The molecule has 0 aromatic heterocycles. The first kappa shape index (κ1) is 15.0. The van der Waals surface area contributed by atoms with E-state index in [1.807, 2.05) is 31.1 Å². The third kappa shape index (κ3) is 4.99. The van der Waals surface area contributed by atoms with Crippen LogP contribution in [0.15, 0.2) is 24.3 Å². The number of rotatable bonds is 6. The van der Waals surface area contributed by atoms with Gasteiger partial charge in [0.1, 0.15) is 0 Å². The van der Waals surface area contributed by atoms with E-state index in [2.05, 4.69) is 5.32 Å². The summed E-state index contributed by atoms with van der Waals surface area (Å²) >= 11 is 0. The van der Waals surface area contributed by atoms with Crippen LogP contribution in [0.3, 0.4) is 0 Å². The van der Waals surface area contributed by atoms with Crippen LogP contribution in [0, 0.1) is 0 Å². The molecule has 5 nitrogen and oxygen atoms in total. The zero-order valence-electron chi connectivity index (χ0n) is 11.5. The second-order valence-electron chi connectivity index (χ2n) is 4.75. The number of anilines is 1. The number of carboxylic acids is 1. The molecule has 104 valence electrons. The highest BCUT2D eigenvalue weighted by Crippen LogP contribution is 2.12. The predicted molar refractivity (Wildman–Crippen MR) is 74.6 cm³/mol. The molecule has 0 saturated carbocycles. The number of carbonyl (C=O) groups is 2. The standard InChI is InChI=1S/C14H20N2O3/c1-10(4-9-13(17)18)15-14(19)11-5-7-12(8-6-11)16(2)3/h5-8,10H,4,9H2,1-3H3,(H,15,19)(H,17,18). The van der Waals surface area contributed by atoms with Crippen molar-refractivity contribution in [2.45, 2.75) is 25.8 Å². The number of hydrogen-bond acceptors (Lipinski definition) is 3. The van der Waals surface area contributed by atoms with Gasteiger partial charge in [0.15, 0.2) is 0 Å². The molecule has 0 heterocycles. The molecule has 1 atom stereocenters. The lowest BCUT2D eigenvalue weighted by Gasteiger charge is -2.15. The molecule has 1 rings (SSSR count). The van der Waals surface area contributed by atoms with E-state index in [9.17, 15) is 9.59 Å². The van der Waals surface area contributed by atoms with Crippen LogP contribution in [-0.4, -0.2) is 37.1 Å². The van der Waals surface area contributed by atoms with Crippen molar-refractivity contribution in [3.8, 4) is 0 Å². The van der Waals surface area contributed by atoms with Gasteiger partial charge in [0.2, 0.25) is 0 Å². The molecule has 2 N–H and O–H groups in total. The third-order valence-electron chi connectivity index (χ3n) is 2.81. The summed E-state index contributed by atoms with van der Waals surface area (Å²) in [5.74, 6) is -1.03. The fourth-order valence-corrected chi connectivity index (χ4v) is 1.63. The maximum atomic E-state index is 11.9. The highest BCUT2D eigenvalue weighted by molar-refractivity contribution is 5.94.